The molecule has 35 heavy (non-hydrogen) atoms. The molecule has 0 aromatic heterocycles. The molecule has 1 fully saturated rings. The van der Waals surface area contributed by atoms with E-state index in [9.17, 15) is 4.39 Å². The molecule has 1 aliphatic carbocycles. The molecule has 1 nitrogen and oxygen atoms in total. The topological polar surface area (TPSA) is 9.23 Å². The van der Waals surface area contributed by atoms with Crippen molar-refractivity contribution < 1.29 is 9.13 Å². The van der Waals surface area contributed by atoms with Gasteiger partial charge in [0.2, 0.25) is 0 Å². The molecule has 0 bridgehead atoms. The first-order valence-corrected chi connectivity index (χ1v) is 13.3. The second-order valence-electron chi connectivity index (χ2n) is 10.2. The average Bonchev–Trinajstić information content (AvgIpc) is 2.89. The normalized spacial score (nSPS) is 19.1. The van der Waals surface area contributed by atoms with E-state index in [4.69, 9.17) is 4.74 Å². The molecule has 3 aromatic carbocycles. The molecular weight excluding hydrogens is 431 g/mol. The highest BCUT2D eigenvalue weighted by atomic mass is 19.1. The summed E-state index contributed by atoms with van der Waals surface area (Å²) in [5.41, 5.74) is 4.25. The summed E-state index contributed by atoms with van der Waals surface area (Å²) in [5, 5.41) is 0. The fourth-order valence-corrected chi connectivity index (χ4v) is 5.43. The summed E-state index contributed by atoms with van der Waals surface area (Å²) in [6, 6.07) is 24.5. The molecule has 2 heteroatoms. The molecule has 0 N–H and O–H groups in total. The monoisotopic (exact) mass is 470 g/mol. The van der Waals surface area contributed by atoms with E-state index in [1.54, 1.807) is 6.07 Å². The summed E-state index contributed by atoms with van der Waals surface area (Å²) >= 11 is 0. The third-order valence-electron chi connectivity index (χ3n) is 7.57. The zero-order valence-corrected chi connectivity index (χ0v) is 21.3. The first kappa shape index (κ1) is 25.2. The lowest BCUT2D eigenvalue weighted by Crippen LogP contribution is -2.17. The lowest BCUT2D eigenvalue weighted by Gasteiger charge is -2.30. The van der Waals surface area contributed by atoms with Gasteiger partial charge in [0.15, 0.2) is 0 Å². The van der Waals surface area contributed by atoms with Crippen molar-refractivity contribution in [3.63, 3.8) is 0 Å². The van der Waals surface area contributed by atoms with Crippen LogP contribution in [0.25, 0.3) is 12.2 Å². The van der Waals surface area contributed by atoms with Crippen LogP contribution in [0, 0.1) is 17.7 Å². The highest BCUT2D eigenvalue weighted by Crippen LogP contribution is 2.37. The van der Waals surface area contributed by atoms with Gasteiger partial charge in [0, 0.05) is 5.56 Å². The molecule has 0 spiro atoms. The minimum absolute atomic E-state index is 0.136. The van der Waals surface area contributed by atoms with E-state index in [2.05, 4.69) is 43.3 Å². The molecular formula is C33H39FO. The van der Waals surface area contributed by atoms with E-state index in [-0.39, 0.29) is 5.82 Å². The number of hydrogen-bond donors (Lipinski definition) is 0. The maximum Gasteiger partial charge on any atom is 0.130 e. The predicted octanol–water partition coefficient (Wildman–Crippen LogP) is 9.33. The van der Waals surface area contributed by atoms with Crippen molar-refractivity contribution in [1.82, 2.24) is 0 Å². The quantitative estimate of drug-likeness (QED) is 0.268. The molecule has 0 radical (unpaired) electrons. The van der Waals surface area contributed by atoms with Crippen molar-refractivity contribution in [2.75, 3.05) is 6.61 Å². The van der Waals surface area contributed by atoms with Gasteiger partial charge in [-0.1, -0.05) is 99.4 Å². The SMILES string of the molecule is CCOc1ccc(C=Cc2ccc(CCC3CCC(C[C@H](C)c4ccccc4)CC3)cc2F)cc1. The minimum atomic E-state index is -0.136. The average molecular weight is 471 g/mol. The smallest absolute Gasteiger partial charge is 0.130 e. The van der Waals surface area contributed by atoms with Gasteiger partial charge >= 0.3 is 0 Å². The van der Waals surface area contributed by atoms with E-state index in [0.717, 1.165) is 35.1 Å². The van der Waals surface area contributed by atoms with E-state index in [1.165, 1.54) is 44.1 Å². The summed E-state index contributed by atoms with van der Waals surface area (Å²) in [7, 11) is 0. The Morgan fingerprint density at radius 3 is 2.29 bits per heavy atom. The van der Waals surface area contributed by atoms with Gasteiger partial charge in [-0.15, -0.1) is 0 Å². The van der Waals surface area contributed by atoms with Crippen LogP contribution in [0.15, 0.2) is 72.8 Å². The Labute approximate surface area is 211 Å². The van der Waals surface area contributed by atoms with Gasteiger partial charge in [-0.05, 0) is 78.8 Å². The van der Waals surface area contributed by atoms with Crippen molar-refractivity contribution in [3.05, 3.63) is 101 Å². The van der Waals surface area contributed by atoms with E-state index < -0.39 is 0 Å². The van der Waals surface area contributed by atoms with Crippen LogP contribution in [0.5, 0.6) is 5.75 Å². The van der Waals surface area contributed by atoms with E-state index in [1.807, 2.05) is 49.4 Å². The van der Waals surface area contributed by atoms with Crippen molar-refractivity contribution in [3.8, 4) is 5.75 Å². The number of benzene rings is 3. The van der Waals surface area contributed by atoms with Crippen LogP contribution in [-0.2, 0) is 6.42 Å². The van der Waals surface area contributed by atoms with Crippen LogP contribution in [-0.4, -0.2) is 6.61 Å². The first-order chi connectivity index (χ1) is 17.1. The molecule has 1 aliphatic rings. The third kappa shape index (κ3) is 7.56. The van der Waals surface area contributed by atoms with Crippen LogP contribution in [0.2, 0.25) is 0 Å². The Hall–Kier alpha value is -2.87. The standard InChI is InChI=1S/C33H39FO/c1-3-35-32-21-17-27(18-22-32)15-19-31-20-16-29(24-33(31)34)14-11-26-9-12-28(13-10-26)23-25(2)30-7-5-4-6-8-30/h4-8,15-22,24-26,28H,3,9-14,23H2,1-2H3/t25-,26?,28?/m0/s1. The Morgan fingerprint density at radius 2 is 1.60 bits per heavy atom. The van der Waals surface area contributed by atoms with Crippen molar-refractivity contribution in [2.24, 2.45) is 11.8 Å². The number of rotatable bonds is 10. The molecule has 3 aromatic rings. The fraction of sp³-hybridized carbons (Fsp3) is 0.394. The van der Waals surface area contributed by atoms with Crippen molar-refractivity contribution in [2.45, 2.75) is 64.7 Å². The Bertz CT molecular complexity index is 1060. The largest absolute Gasteiger partial charge is 0.494 e. The van der Waals surface area contributed by atoms with Crippen LogP contribution in [0.4, 0.5) is 4.39 Å². The summed E-state index contributed by atoms with van der Waals surface area (Å²) in [5.74, 6) is 2.99. The molecule has 4 rings (SSSR count). The number of aryl methyl sites for hydroxylation is 1. The molecule has 0 unspecified atom stereocenters. The highest BCUT2D eigenvalue weighted by molar-refractivity contribution is 5.70. The molecule has 0 saturated heterocycles. The lowest BCUT2D eigenvalue weighted by atomic mass is 9.75. The van der Waals surface area contributed by atoms with Gasteiger partial charge in [0.25, 0.3) is 0 Å². The molecule has 1 atom stereocenters. The van der Waals surface area contributed by atoms with Crippen molar-refractivity contribution in [1.29, 1.82) is 0 Å². The van der Waals surface area contributed by atoms with Gasteiger partial charge < -0.3 is 4.74 Å². The fourth-order valence-electron chi connectivity index (χ4n) is 5.43. The third-order valence-corrected chi connectivity index (χ3v) is 7.57. The maximum atomic E-state index is 14.7. The number of hydrogen-bond acceptors (Lipinski definition) is 1. The van der Waals surface area contributed by atoms with Gasteiger partial charge in [-0.2, -0.15) is 0 Å². The summed E-state index contributed by atoms with van der Waals surface area (Å²) < 4.78 is 20.2. The molecule has 0 heterocycles. The first-order valence-electron chi connectivity index (χ1n) is 13.3. The van der Waals surface area contributed by atoms with Crippen molar-refractivity contribution >= 4 is 12.2 Å². The van der Waals surface area contributed by atoms with Crippen LogP contribution in [0.3, 0.4) is 0 Å². The Morgan fingerprint density at radius 1 is 0.886 bits per heavy atom. The van der Waals surface area contributed by atoms with Crippen LogP contribution in [0.1, 0.15) is 80.5 Å². The maximum absolute atomic E-state index is 14.7. The number of ether oxygens (including phenoxy) is 1. The molecule has 0 aliphatic heterocycles. The van der Waals surface area contributed by atoms with Crippen LogP contribution >= 0.6 is 0 Å². The molecule has 0 amide bonds. The number of halogens is 1. The van der Waals surface area contributed by atoms with Gasteiger partial charge in [-0.25, -0.2) is 4.39 Å². The minimum Gasteiger partial charge on any atom is -0.494 e. The summed E-state index contributed by atoms with van der Waals surface area (Å²) in [4.78, 5) is 0. The highest BCUT2D eigenvalue weighted by Gasteiger charge is 2.23. The van der Waals surface area contributed by atoms with Gasteiger partial charge in [0.1, 0.15) is 11.6 Å². The Kier molecular flexibility index (Phi) is 9.17. The van der Waals surface area contributed by atoms with Gasteiger partial charge in [-0.3, -0.25) is 0 Å². The van der Waals surface area contributed by atoms with Gasteiger partial charge in [0.05, 0.1) is 6.61 Å². The van der Waals surface area contributed by atoms with Crippen LogP contribution < -0.4 is 4.74 Å². The zero-order chi connectivity index (χ0) is 24.5. The summed E-state index contributed by atoms with van der Waals surface area (Å²) in [6.07, 6.45) is 12.6. The molecule has 184 valence electrons. The predicted molar refractivity (Wildman–Crippen MR) is 146 cm³/mol. The Balaban J connectivity index is 1.22. The summed E-state index contributed by atoms with van der Waals surface area (Å²) in [6.45, 7) is 4.99. The lowest BCUT2D eigenvalue weighted by molar-refractivity contribution is 0.245. The van der Waals surface area contributed by atoms with E-state index in [0.29, 0.717) is 18.1 Å². The second-order valence-corrected chi connectivity index (χ2v) is 10.2. The zero-order valence-electron chi connectivity index (χ0n) is 21.3. The molecule has 1 saturated carbocycles. The van der Waals surface area contributed by atoms with E-state index >= 15 is 0 Å². The second kappa shape index (κ2) is 12.7.